The summed E-state index contributed by atoms with van der Waals surface area (Å²) in [6, 6.07) is 11.4. The number of amides is 2. The molecule has 0 aliphatic carbocycles. The number of phenols is 1. The quantitative estimate of drug-likeness (QED) is 0.812. The first-order valence-corrected chi connectivity index (χ1v) is 8.42. The molecule has 0 saturated heterocycles. The molecule has 1 aliphatic rings. The van der Waals surface area contributed by atoms with Gasteiger partial charge >= 0.3 is 5.97 Å². The molecular formula is C20H20N2O5. The van der Waals surface area contributed by atoms with E-state index in [1.54, 1.807) is 51.1 Å². The molecule has 0 atom stereocenters. The van der Waals surface area contributed by atoms with Crippen LogP contribution in [0.2, 0.25) is 0 Å². The molecule has 1 aliphatic heterocycles. The fraction of sp³-hybridized carbons (Fsp3) is 0.250. The molecule has 0 unspecified atom stereocenters. The highest BCUT2D eigenvalue weighted by Crippen LogP contribution is 2.36. The Morgan fingerprint density at radius 2 is 1.89 bits per heavy atom. The molecule has 7 nitrogen and oxygen atoms in total. The topological polar surface area (TPSA) is 95.9 Å². The molecule has 0 aromatic heterocycles. The van der Waals surface area contributed by atoms with E-state index in [0.717, 1.165) is 5.56 Å². The van der Waals surface area contributed by atoms with Gasteiger partial charge < -0.3 is 15.2 Å². The van der Waals surface area contributed by atoms with Crippen LogP contribution in [0.4, 0.5) is 11.4 Å². The zero-order valence-electron chi connectivity index (χ0n) is 15.3. The predicted molar refractivity (Wildman–Crippen MR) is 99.8 cm³/mol. The predicted octanol–water partition coefficient (Wildman–Crippen LogP) is 2.62. The molecule has 0 spiro atoms. The number of fused-ring (bicyclic) bond motifs is 1. The highest BCUT2D eigenvalue weighted by atomic mass is 16.5. The molecule has 1 heterocycles. The fourth-order valence-electron chi connectivity index (χ4n) is 2.98. The van der Waals surface area contributed by atoms with Crippen LogP contribution in [-0.4, -0.2) is 35.0 Å². The van der Waals surface area contributed by atoms with Crippen molar-refractivity contribution in [1.82, 2.24) is 0 Å². The number of phenolic OH excluding ortho intramolecular Hbond substituents is 1. The molecule has 2 aromatic rings. The number of esters is 1. The summed E-state index contributed by atoms with van der Waals surface area (Å²) in [7, 11) is 0. The summed E-state index contributed by atoms with van der Waals surface area (Å²) in [4.78, 5) is 38.7. The Kier molecular flexibility index (Phi) is 4.61. The fourth-order valence-corrected chi connectivity index (χ4v) is 2.98. The summed E-state index contributed by atoms with van der Waals surface area (Å²) < 4.78 is 5.09. The second-order valence-electron chi connectivity index (χ2n) is 6.86. The van der Waals surface area contributed by atoms with Crippen molar-refractivity contribution < 1.29 is 24.2 Å². The lowest BCUT2D eigenvalue weighted by molar-refractivity contribution is -0.128. The summed E-state index contributed by atoms with van der Waals surface area (Å²) in [5, 5.41) is 12.6. The van der Waals surface area contributed by atoms with Crippen LogP contribution >= 0.6 is 0 Å². The number of benzene rings is 2. The molecule has 0 fully saturated rings. The van der Waals surface area contributed by atoms with E-state index < -0.39 is 24.0 Å². The molecule has 2 aromatic carbocycles. The Morgan fingerprint density at radius 3 is 2.59 bits per heavy atom. The molecule has 3 rings (SSSR count). The molecule has 2 amide bonds. The SMILES string of the molecule is Cc1ccc(C(=O)OCC(=O)N2c3ccccc3NC(=O)C2(C)C)c(O)c1. The summed E-state index contributed by atoms with van der Waals surface area (Å²) in [5.41, 5.74) is 0.658. The molecule has 0 radical (unpaired) electrons. The van der Waals surface area contributed by atoms with E-state index >= 15 is 0 Å². The van der Waals surface area contributed by atoms with Crippen LogP contribution in [0.3, 0.4) is 0 Å². The maximum atomic E-state index is 12.8. The molecule has 27 heavy (non-hydrogen) atoms. The Morgan fingerprint density at radius 1 is 1.19 bits per heavy atom. The minimum atomic E-state index is -1.15. The van der Waals surface area contributed by atoms with Gasteiger partial charge in [-0.3, -0.25) is 14.5 Å². The van der Waals surface area contributed by atoms with E-state index in [0.29, 0.717) is 11.4 Å². The van der Waals surface area contributed by atoms with Gasteiger partial charge in [0, 0.05) is 0 Å². The molecule has 2 N–H and O–H groups in total. The monoisotopic (exact) mass is 368 g/mol. The maximum absolute atomic E-state index is 12.8. The van der Waals surface area contributed by atoms with Crippen molar-refractivity contribution in [2.45, 2.75) is 26.3 Å². The third-order valence-electron chi connectivity index (χ3n) is 4.46. The van der Waals surface area contributed by atoms with Gasteiger partial charge in [-0.15, -0.1) is 0 Å². The van der Waals surface area contributed by atoms with Gasteiger partial charge in [-0.1, -0.05) is 18.2 Å². The van der Waals surface area contributed by atoms with Gasteiger partial charge in [0.2, 0.25) is 5.91 Å². The third kappa shape index (κ3) is 3.36. The van der Waals surface area contributed by atoms with Crippen molar-refractivity contribution in [2.75, 3.05) is 16.8 Å². The zero-order valence-corrected chi connectivity index (χ0v) is 15.3. The van der Waals surface area contributed by atoms with E-state index in [1.807, 2.05) is 0 Å². The average Bonchev–Trinajstić information content (AvgIpc) is 2.60. The number of carbonyl (C=O) groups is 3. The van der Waals surface area contributed by atoms with Crippen LogP contribution in [0.25, 0.3) is 0 Å². The standard InChI is InChI=1S/C20H20N2O5/c1-12-8-9-13(16(23)10-12)18(25)27-11-17(24)22-15-7-5-4-6-14(15)21-19(26)20(22,2)3/h4-10,23H,11H2,1-3H3,(H,21,26). The van der Waals surface area contributed by atoms with Gasteiger partial charge in [0.05, 0.1) is 11.4 Å². The molecule has 0 saturated carbocycles. The highest BCUT2D eigenvalue weighted by Gasteiger charge is 2.43. The molecule has 140 valence electrons. The number of carbonyl (C=O) groups excluding carboxylic acids is 3. The lowest BCUT2D eigenvalue weighted by Crippen LogP contribution is -2.59. The van der Waals surface area contributed by atoms with E-state index in [2.05, 4.69) is 5.32 Å². The smallest absolute Gasteiger partial charge is 0.342 e. The van der Waals surface area contributed by atoms with Gasteiger partial charge in [-0.05, 0) is 50.6 Å². The van der Waals surface area contributed by atoms with Crippen LogP contribution in [0.5, 0.6) is 5.75 Å². The van der Waals surface area contributed by atoms with E-state index in [1.165, 1.54) is 17.0 Å². The largest absolute Gasteiger partial charge is 0.507 e. The van der Waals surface area contributed by atoms with Crippen molar-refractivity contribution >= 4 is 29.2 Å². The van der Waals surface area contributed by atoms with Crippen LogP contribution in [0, 0.1) is 6.92 Å². The highest BCUT2D eigenvalue weighted by molar-refractivity contribution is 6.14. The molecular weight excluding hydrogens is 348 g/mol. The Hall–Kier alpha value is -3.35. The van der Waals surface area contributed by atoms with Gasteiger partial charge in [0.25, 0.3) is 5.91 Å². The first-order valence-electron chi connectivity index (χ1n) is 8.42. The number of nitrogens with zero attached hydrogens (tertiary/aromatic N) is 1. The number of rotatable bonds is 3. The van der Waals surface area contributed by atoms with Crippen LogP contribution < -0.4 is 10.2 Å². The van der Waals surface area contributed by atoms with Crippen molar-refractivity contribution in [3.05, 3.63) is 53.6 Å². The van der Waals surface area contributed by atoms with Gasteiger partial charge in [0.1, 0.15) is 16.9 Å². The number of nitrogens with one attached hydrogen (secondary N) is 1. The van der Waals surface area contributed by atoms with Crippen molar-refractivity contribution in [3.8, 4) is 5.75 Å². The number of aryl methyl sites for hydroxylation is 1. The van der Waals surface area contributed by atoms with Crippen molar-refractivity contribution in [1.29, 1.82) is 0 Å². The first kappa shape index (κ1) is 18.4. The number of hydrogen-bond acceptors (Lipinski definition) is 5. The molecule has 0 bridgehead atoms. The second kappa shape index (κ2) is 6.75. The molecule has 7 heteroatoms. The normalized spacial score (nSPS) is 14.9. The van der Waals surface area contributed by atoms with E-state index in [9.17, 15) is 19.5 Å². The summed E-state index contributed by atoms with van der Waals surface area (Å²) in [5.74, 6) is -1.90. The second-order valence-corrected chi connectivity index (χ2v) is 6.86. The Bertz CT molecular complexity index is 936. The number of hydrogen-bond donors (Lipinski definition) is 2. The van der Waals surface area contributed by atoms with Crippen LogP contribution in [-0.2, 0) is 14.3 Å². The van der Waals surface area contributed by atoms with Crippen molar-refractivity contribution in [3.63, 3.8) is 0 Å². The third-order valence-corrected chi connectivity index (χ3v) is 4.46. The Balaban J connectivity index is 1.81. The van der Waals surface area contributed by atoms with E-state index in [4.69, 9.17) is 4.74 Å². The summed E-state index contributed by atoms with van der Waals surface area (Å²) >= 11 is 0. The summed E-state index contributed by atoms with van der Waals surface area (Å²) in [6.45, 7) is 4.45. The maximum Gasteiger partial charge on any atom is 0.342 e. The van der Waals surface area contributed by atoms with Gasteiger partial charge in [0.15, 0.2) is 6.61 Å². The first-order chi connectivity index (χ1) is 12.7. The Labute approximate surface area is 156 Å². The average molecular weight is 368 g/mol. The number of aromatic hydroxyl groups is 1. The number of para-hydroxylation sites is 2. The van der Waals surface area contributed by atoms with Gasteiger partial charge in [-0.2, -0.15) is 0 Å². The number of anilines is 2. The van der Waals surface area contributed by atoms with Crippen LogP contribution in [0.15, 0.2) is 42.5 Å². The number of ether oxygens (including phenoxy) is 1. The van der Waals surface area contributed by atoms with E-state index in [-0.39, 0.29) is 17.2 Å². The lowest BCUT2D eigenvalue weighted by Gasteiger charge is -2.41. The zero-order chi connectivity index (χ0) is 19.8. The minimum absolute atomic E-state index is 0.0237. The minimum Gasteiger partial charge on any atom is -0.507 e. The van der Waals surface area contributed by atoms with Crippen LogP contribution in [0.1, 0.15) is 29.8 Å². The van der Waals surface area contributed by atoms with Gasteiger partial charge in [-0.25, -0.2) is 4.79 Å². The van der Waals surface area contributed by atoms with Crippen molar-refractivity contribution in [2.24, 2.45) is 0 Å². The summed E-state index contributed by atoms with van der Waals surface area (Å²) in [6.07, 6.45) is 0. The lowest BCUT2D eigenvalue weighted by atomic mass is 9.96.